The lowest BCUT2D eigenvalue weighted by Crippen LogP contribution is -2.24. The van der Waals surface area contributed by atoms with Gasteiger partial charge in [-0.15, -0.1) is 46.9 Å². The van der Waals surface area contributed by atoms with Gasteiger partial charge in [0.05, 0.1) is 9.96 Å². The van der Waals surface area contributed by atoms with Crippen LogP contribution in [-0.2, 0) is 0 Å². The molecule has 11 heavy (non-hydrogen) atoms. The first-order chi connectivity index (χ1) is 5.25. The van der Waals surface area contributed by atoms with Gasteiger partial charge in [-0.1, -0.05) is 0 Å². The van der Waals surface area contributed by atoms with Crippen LogP contribution >= 0.6 is 46.9 Å². The van der Waals surface area contributed by atoms with E-state index >= 15 is 0 Å². The molecule has 1 aliphatic heterocycles. The highest BCUT2D eigenvalue weighted by Gasteiger charge is 2.29. The van der Waals surface area contributed by atoms with Crippen molar-refractivity contribution in [3.8, 4) is 0 Å². The quantitative estimate of drug-likeness (QED) is 0.592. The van der Waals surface area contributed by atoms with Crippen molar-refractivity contribution < 1.29 is 5.11 Å². The molecule has 0 radical (unpaired) electrons. The average Bonchev–Trinajstić information content (AvgIpc) is 2.53. The van der Waals surface area contributed by atoms with E-state index < -0.39 is 5.44 Å². The number of aliphatic hydroxyl groups is 1. The second-order valence-electron chi connectivity index (χ2n) is 2.18. The van der Waals surface area contributed by atoms with Crippen LogP contribution in [0.5, 0.6) is 0 Å². The predicted octanol–water partition coefficient (Wildman–Crippen LogP) is 2.08. The Morgan fingerprint density at radius 2 is 2.09 bits per heavy atom. The predicted molar refractivity (Wildman–Crippen MR) is 57.9 cm³/mol. The molecular weight excluding hydrogens is 220 g/mol. The molecule has 1 nitrogen and oxygen atoms in total. The molecule has 0 spiro atoms. The number of thioether (sulfide) groups is 3. The van der Waals surface area contributed by atoms with E-state index in [9.17, 15) is 5.11 Å². The third kappa shape index (κ3) is 2.92. The van der Waals surface area contributed by atoms with E-state index in [1.807, 2.05) is 29.8 Å². The summed E-state index contributed by atoms with van der Waals surface area (Å²) in [5.74, 6) is 2.33. The fourth-order valence-corrected chi connectivity index (χ4v) is 5.05. The molecular formula is C6H11ClOS3. The molecule has 1 aliphatic rings. The largest absolute Gasteiger partial charge is 0.381 e. The molecule has 1 N–H and O–H groups in total. The zero-order valence-corrected chi connectivity index (χ0v) is 9.40. The minimum atomic E-state index is -0.417. The van der Waals surface area contributed by atoms with Gasteiger partial charge >= 0.3 is 0 Å². The first-order valence-corrected chi connectivity index (χ1v) is 7.16. The Hall–Kier alpha value is 1.30. The zero-order chi connectivity index (χ0) is 8.27. The number of alkyl halides is 1. The van der Waals surface area contributed by atoms with Gasteiger partial charge in [0.15, 0.2) is 0 Å². The topological polar surface area (TPSA) is 20.2 Å². The van der Waals surface area contributed by atoms with Crippen molar-refractivity contribution in [2.45, 2.75) is 15.4 Å². The lowest BCUT2D eigenvalue weighted by Gasteiger charge is -2.19. The summed E-state index contributed by atoms with van der Waals surface area (Å²) in [4.78, 5) is 0. The van der Waals surface area contributed by atoms with Gasteiger partial charge in [-0.25, -0.2) is 0 Å². The lowest BCUT2D eigenvalue weighted by molar-refractivity contribution is 0.262. The molecule has 0 aliphatic carbocycles. The molecule has 1 rings (SSSR count). The highest BCUT2D eigenvalue weighted by molar-refractivity contribution is 8.20. The fourth-order valence-electron chi connectivity index (χ4n) is 0.825. The van der Waals surface area contributed by atoms with Crippen LogP contribution in [0.3, 0.4) is 0 Å². The van der Waals surface area contributed by atoms with E-state index in [1.54, 1.807) is 0 Å². The summed E-state index contributed by atoms with van der Waals surface area (Å²) in [5.41, 5.74) is -0.417. The molecule has 0 aromatic heterocycles. The van der Waals surface area contributed by atoms with Gasteiger partial charge in [-0.05, 0) is 6.26 Å². The Morgan fingerprint density at radius 1 is 1.55 bits per heavy atom. The van der Waals surface area contributed by atoms with Gasteiger partial charge in [0, 0.05) is 11.5 Å². The van der Waals surface area contributed by atoms with Crippen molar-refractivity contribution in [2.75, 3.05) is 17.8 Å². The zero-order valence-electron chi connectivity index (χ0n) is 6.20. The second-order valence-corrected chi connectivity index (χ2v) is 6.44. The summed E-state index contributed by atoms with van der Waals surface area (Å²) < 4.78 is 0.388. The smallest absolute Gasteiger partial charge is 0.117 e. The molecule has 1 fully saturated rings. The average molecular weight is 231 g/mol. The van der Waals surface area contributed by atoms with Crippen molar-refractivity contribution in [1.82, 2.24) is 0 Å². The maximum atomic E-state index is 9.39. The second kappa shape index (κ2) is 5.12. The van der Waals surface area contributed by atoms with Crippen LogP contribution < -0.4 is 0 Å². The minimum absolute atomic E-state index is 0.109. The summed E-state index contributed by atoms with van der Waals surface area (Å²) >= 11 is 11.1. The van der Waals surface area contributed by atoms with Crippen LogP contribution in [-0.4, -0.2) is 38.3 Å². The number of aliphatic hydroxyl groups excluding tert-OH is 1. The maximum absolute atomic E-state index is 9.39. The van der Waals surface area contributed by atoms with Gasteiger partial charge in [0.2, 0.25) is 0 Å². The summed E-state index contributed by atoms with van der Waals surface area (Å²) in [6.07, 6.45) is 1.88. The van der Waals surface area contributed by atoms with Gasteiger partial charge in [-0.2, -0.15) is 0 Å². The molecule has 1 saturated heterocycles. The van der Waals surface area contributed by atoms with E-state index in [0.29, 0.717) is 4.58 Å². The summed E-state index contributed by atoms with van der Waals surface area (Å²) in [5, 5.41) is 9.28. The van der Waals surface area contributed by atoms with Crippen molar-refractivity contribution >= 4 is 46.9 Å². The maximum Gasteiger partial charge on any atom is 0.117 e. The van der Waals surface area contributed by atoms with Gasteiger partial charge in [0.25, 0.3) is 0 Å². The molecule has 2 unspecified atom stereocenters. The first kappa shape index (κ1) is 10.4. The molecule has 66 valence electrons. The van der Waals surface area contributed by atoms with E-state index in [0.717, 1.165) is 0 Å². The van der Waals surface area contributed by atoms with E-state index in [-0.39, 0.29) is 5.38 Å². The lowest BCUT2D eigenvalue weighted by atomic mass is 10.5. The van der Waals surface area contributed by atoms with Gasteiger partial charge < -0.3 is 5.11 Å². The molecule has 5 heteroatoms. The Morgan fingerprint density at radius 3 is 2.55 bits per heavy atom. The summed E-state index contributed by atoms with van der Waals surface area (Å²) in [7, 11) is 0. The van der Waals surface area contributed by atoms with Crippen molar-refractivity contribution in [3.05, 3.63) is 0 Å². The number of halogens is 1. The molecule has 2 atom stereocenters. The van der Waals surface area contributed by atoms with Gasteiger partial charge in [-0.3, -0.25) is 0 Å². The molecule has 0 bridgehead atoms. The SMILES string of the molecule is CSC(O)C(Cl)C1SCCS1. The number of hydrogen-bond acceptors (Lipinski definition) is 4. The van der Waals surface area contributed by atoms with E-state index in [2.05, 4.69) is 0 Å². The Labute approximate surface area is 85.0 Å². The van der Waals surface area contributed by atoms with E-state index in [4.69, 9.17) is 11.6 Å². The van der Waals surface area contributed by atoms with Crippen LogP contribution in [0.1, 0.15) is 0 Å². The molecule has 0 aromatic rings. The summed E-state index contributed by atoms with van der Waals surface area (Å²) in [6, 6.07) is 0. The van der Waals surface area contributed by atoms with Crippen LogP contribution in [0.25, 0.3) is 0 Å². The van der Waals surface area contributed by atoms with Crippen molar-refractivity contribution in [2.24, 2.45) is 0 Å². The standard InChI is InChI=1S/C6H11ClOS3/c1-9-5(8)4(7)6-10-2-3-11-6/h4-6,8H,2-3H2,1H3. The van der Waals surface area contributed by atoms with Crippen LogP contribution in [0.2, 0.25) is 0 Å². The van der Waals surface area contributed by atoms with Crippen molar-refractivity contribution in [3.63, 3.8) is 0 Å². The number of hydrogen-bond donors (Lipinski definition) is 1. The number of rotatable bonds is 3. The van der Waals surface area contributed by atoms with Crippen LogP contribution in [0.15, 0.2) is 0 Å². The Kier molecular flexibility index (Phi) is 4.83. The van der Waals surface area contributed by atoms with Crippen LogP contribution in [0, 0.1) is 0 Å². The summed E-state index contributed by atoms with van der Waals surface area (Å²) in [6.45, 7) is 0. The monoisotopic (exact) mass is 230 g/mol. The molecule has 0 saturated carbocycles. The normalized spacial score (nSPS) is 25.4. The molecule has 1 heterocycles. The fraction of sp³-hybridized carbons (Fsp3) is 1.00. The highest BCUT2D eigenvalue weighted by atomic mass is 35.5. The highest BCUT2D eigenvalue weighted by Crippen LogP contribution is 2.38. The molecule has 0 amide bonds. The Bertz CT molecular complexity index is 118. The Balaban J connectivity index is 2.32. The molecule has 0 aromatic carbocycles. The first-order valence-electron chi connectivity index (χ1n) is 3.34. The minimum Gasteiger partial charge on any atom is -0.381 e. The van der Waals surface area contributed by atoms with Crippen molar-refractivity contribution in [1.29, 1.82) is 0 Å². The third-order valence-electron chi connectivity index (χ3n) is 1.42. The van der Waals surface area contributed by atoms with Crippen LogP contribution in [0.4, 0.5) is 0 Å². The van der Waals surface area contributed by atoms with Gasteiger partial charge in [0.1, 0.15) is 5.44 Å². The van der Waals surface area contributed by atoms with E-state index in [1.165, 1.54) is 23.3 Å². The third-order valence-corrected chi connectivity index (χ3v) is 6.33.